The molecule has 3 N–H and O–H groups in total. The molecule has 10 heteroatoms. The third-order valence-corrected chi connectivity index (χ3v) is 7.20. The van der Waals surface area contributed by atoms with Crippen LogP contribution in [-0.4, -0.2) is 43.6 Å². The van der Waals surface area contributed by atoms with E-state index in [1.807, 2.05) is 4.90 Å². The lowest BCUT2D eigenvalue weighted by Crippen LogP contribution is -2.40. The molecule has 3 aromatic rings. The van der Waals surface area contributed by atoms with E-state index in [2.05, 4.69) is 38.8 Å². The molecule has 2 aliphatic carbocycles. The Labute approximate surface area is 196 Å². The van der Waals surface area contributed by atoms with Crippen LogP contribution >= 0.6 is 0 Å². The van der Waals surface area contributed by atoms with Crippen LogP contribution in [-0.2, 0) is 23.1 Å². The Morgan fingerprint density at radius 3 is 2.91 bits per heavy atom. The van der Waals surface area contributed by atoms with E-state index >= 15 is 0 Å². The first-order valence-corrected chi connectivity index (χ1v) is 11.9. The Morgan fingerprint density at radius 1 is 1.24 bits per heavy atom. The number of carbonyl (C=O) groups excluding carboxylic acids is 1. The van der Waals surface area contributed by atoms with Crippen molar-refractivity contribution < 1.29 is 9.18 Å². The van der Waals surface area contributed by atoms with E-state index in [4.69, 9.17) is 9.97 Å². The maximum atomic E-state index is 13.1. The number of fused-ring (bicyclic) bond motifs is 1. The summed E-state index contributed by atoms with van der Waals surface area (Å²) in [6.07, 6.45) is 8.09. The van der Waals surface area contributed by atoms with Gasteiger partial charge in [0.05, 0.1) is 17.6 Å². The van der Waals surface area contributed by atoms with Gasteiger partial charge in [-0.3, -0.25) is 9.89 Å². The molecule has 1 saturated carbocycles. The van der Waals surface area contributed by atoms with Gasteiger partial charge in [-0.05, 0) is 57.1 Å². The van der Waals surface area contributed by atoms with Gasteiger partial charge >= 0.3 is 0 Å². The molecule has 0 aromatic carbocycles. The zero-order chi connectivity index (χ0) is 23.3. The van der Waals surface area contributed by atoms with Crippen molar-refractivity contribution in [3.05, 3.63) is 47.3 Å². The molecule has 3 aromatic heterocycles. The summed E-state index contributed by atoms with van der Waals surface area (Å²) in [7, 11) is 0. The van der Waals surface area contributed by atoms with E-state index in [1.54, 1.807) is 0 Å². The highest BCUT2D eigenvalue weighted by Crippen LogP contribution is 2.47. The molecule has 0 unspecified atom stereocenters. The third-order valence-electron chi connectivity index (χ3n) is 7.20. The van der Waals surface area contributed by atoms with Crippen LogP contribution in [0.5, 0.6) is 0 Å². The molecule has 0 spiro atoms. The minimum absolute atomic E-state index is 0.167. The summed E-state index contributed by atoms with van der Waals surface area (Å²) in [6, 6.07) is 4.41. The lowest BCUT2D eigenvalue weighted by atomic mass is 10.1. The number of hydrogen-bond donors (Lipinski definition) is 3. The second kappa shape index (κ2) is 8.03. The zero-order valence-corrected chi connectivity index (χ0v) is 19.1. The summed E-state index contributed by atoms with van der Waals surface area (Å²) in [5.74, 6) is 1.33. The number of nitrogens with zero attached hydrogens (tertiary/aromatic N) is 5. The summed E-state index contributed by atoms with van der Waals surface area (Å²) in [4.78, 5) is 28.3. The number of halogens is 1. The quantitative estimate of drug-likeness (QED) is 0.480. The third kappa shape index (κ3) is 3.86. The molecule has 3 aliphatic rings. The summed E-state index contributed by atoms with van der Waals surface area (Å²) in [6.45, 7) is 2.94. The van der Waals surface area contributed by atoms with Gasteiger partial charge in [-0.15, -0.1) is 0 Å². The van der Waals surface area contributed by atoms with Gasteiger partial charge in [0.1, 0.15) is 11.9 Å². The van der Waals surface area contributed by atoms with Crippen LogP contribution < -0.4 is 15.5 Å². The standard InChI is InChI=1S/C24H27FN8O/c1-24(9-10-24)18-12-20(32-31-18)29-21-15-4-2-5-16(15)28-23(30-21)33-11-3-6-17(33)22(34)27-14-7-8-19(25)26-13-14/h7-8,12-13,17H,2-6,9-11H2,1H3,(H,27,34)(H2,28,29,30,31,32)/t17-/m1/s1. The van der Waals surface area contributed by atoms with Crippen LogP contribution in [0.15, 0.2) is 24.4 Å². The summed E-state index contributed by atoms with van der Waals surface area (Å²) >= 11 is 0. The van der Waals surface area contributed by atoms with Crippen LogP contribution in [0, 0.1) is 5.95 Å². The van der Waals surface area contributed by atoms with Crippen molar-refractivity contribution in [2.75, 3.05) is 22.1 Å². The minimum Gasteiger partial charge on any atom is -0.329 e. The zero-order valence-electron chi connectivity index (χ0n) is 19.1. The van der Waals surface area contributed by atoms with Gasteiger partial charge in [-0.25, -0.2) is 9.97 Å². The summed E-state index contributed by atoms with van der Waals surface area (Å²) in [5, 5.41) is 13.9. The van der Waals surface area contributed by atoms with Gasteiger partial charge < -0.3 is 15.5 Å². The van der Waals surface area contributed by atoms with Crippen LogP contribution in [0.25, 0.3) is 0 Å². The van der Waals surface area contributed by atoms with Crippen molar-refractivity contribution in [3.63, 3.8) is 0 Å². The molecule has 1 aliphatic heterocycles. The Kier molecular flexibility index (Phi) is 4.96. The number of hydrogen-bond acceptors (Lipinski definition) is 7. The fourth-order valence-corrected chi connectivity index (χ4v) is 4.88. The number of anilines is 4. The number of nitrogens with one attached hydrogen (secondary N) is 3. The van der Waals surface area contributed by atoms with Gasteiger partial charge in [0.25, 0.3) is 0 Å². The number of rotatable bonds is 6. The average molecular weight is 463 g/mol. The predicted octanol–water partition coefficient (Wildman–Crippen LogP) is 3.63. The summed E-state index contributed by atoms with van der Waals surface area (Å²) in [5.41, 5.74) is 3.98. The van der Waals surface area contributed by atoms with Crippen LogP contribution in [0.4, 0.5) is 27.7 Å². The van der Waals surface area contributed by atoms with Crippen molar-refractivity contribution in [2.24, 2.45) is 0 Å². The lowest BCUT2D eigenvalue weighted by Gasteiger charge is -2.25. The number of pyridine rings is 1. The molecule has 0 bridgehead atoms. The van der Waals surface area contributed by atoms with Crippen LogP contribution in [0.2, 0.25) is 0 Å². The topological polar surface area (TPSA) is 112 Å². The van der Waals surface area contributed by atoms with E-state index < -0.39 is 12.0 Å². The molecule has 0 radical (unpaired) electrons. The number of aromatic amines is 1. The minimum atomic E-state index is -0.581. The molecule has 1 amide bonds. The van der Waals surface area contributed by atoms with Gasteiger partial charge in [0, 0.05) is 29.3 Å². The molecular weight excluding hydrogens is 435 g/mol. The lowest BCUT2D eigenvalue weighted by molar-refractivity contribution is -0.117. The first-order valence-electron chi connectivity index (χ1n) is 11.9. The molecule has 2 fully saturated rings. The van der Waals surface area contributed by atoms with Gasteiger partial charge in [-0.2, -0.15) is 14.5 Å². The highest BCUT2D eigenvalue weighted by molar-refractivity contribution is 5.96. The molecular formula is C24H27FN8O. The van der Waals surface area contributed by atoms with Crippen molar-refractivity contribution in [2.45, 2.75) is 63.3 Å². The fourth-order valence-electron chi connectivity index (χ4n) is 4.88. The van der Waals surface area contributed by atoms with E-state index in [-0.39, 0.29) is 11.3 Å². The normalized spacial score (nSPS) is 20.3. The molecule has 34 heavy (non-hydrogen) atoms. The van der Waals surface area contributed by atoms with E-state index in [9.17, 15) is 9.18 Å². The largest absolute Gasteiger partial charge is 0.329 e. The molecule has 6 rings (SSSR count). The number of aryl methyl sites for hydroxylation is 1. The molecule has 4 heterocycles. The van der Waals surface area contributed by atoms with Crippen LogP contribution in [0.1, 0.15) is 56.0 Å². The Balaban J connectivity index is 1.25. The van der Waals surface area contributed by atoms with Gasteiger partial charge in [0.15, 0.2) is 5.82 Å². The molecule has 9 nitrogen and oxygen atoms in total. The van der Waals surface area contributed by atoms with E-state index in [1.165, 1.54) is 31.2 Å². The Hall–Kier alpha value is -3.56. The SMILES string of the molecule is CC1(c2cc(Nc3nc(N4CCC[C@@H]4C(=O)Nc4ccc(F)nc4)nc4c3CCC4)n[nH]2)CC1. The van der Waals surface area contributed by atoms with Crippen molar-refractivity contribution >= 4 is 29.2 Å². The van der Waals surface area contributed by atoms with Gasteiger partial charge in [0.2, 0.25) is 17.8 Å². The maximum absolute atomic E-state index is 13.1. The monoisotopic (exact) mass is 462 g/mol. The molecule has 176 valence electrons. The van der Waals surface area contributed by atoms with Gasteiger partial charge in [-0.1, -0.05) is 6.92 Å². The van der Waals surface area contributed by atoms with Crippen molar-refractivity contribution in [3.8, 4) is 0 Å². The van der Waals surface area contributed by atoms with E-state index in [0.717, 1.165) is 54.3 Å². The first kappa shape index (κ1) is 21.0. The predicted molar refractivity (Wildman–Crippen MR) is 126 cm³/mol. The number of H-pyrrole nitrogens is 1. The molecule has 1 saturated heterocycles. The Bertz CT molecular complexity index is 1240. The molecule has 1 atom stereocenters. The Morgan fingerprint density at radius 2 is 2.12 bits per heavy atom. The highest BCUT2D eigenvalue weighted by Gasteiger charge is 2.41. The van der Waals surface area contributed by atoms with Crippen molar-refractivity contribution in [1.82, 2.24) is 25.1 Å². The number of amides is 1. The fraction of sp³-hybridized carbons (Fsp3) is 0.458. The van der Waals surface area contributed by atoms with E-state index in [0.29, 0.717) is 24.6 Å². The highest BCUT2D eigenvalue weighted by atomic mass is 19.1. The number of carbonyl (C=O) groups is 1. The van der Waals surface area contributed by atoms with Crippen LogP contribution in [0.3, 0.4) is 0 Å². The maximum Gasteiger partial charge on any atom is 0.247 e. The van der Waals surface area contributed by atoms with Crippen molar-refractivity contribution in [1.29, 1.82) is 0 Å². The second-order valence-corrected chi connectivity index (χ2v) is 9.71. The first-order chi connectivity index (χ1) is 16.5. The second-order valence-electron chi connectivity index (χ2n) is 9.71. The smallest absolute Gasteiger partial charge is 0.247 e. The summed E-state index contributed by atoms with van der Waals surface area (Å²) < 4.78 is 13.1. The average Bonchev–Trinajstić information content (AvgIpc) is 3.29. The number of aromatic nitrogens is 5.